The van der Waals surface area contributed by atoms with Crippen molar-refractivity contribution in [3.63, 3.8) is 0 Å². The molecule has 0 radical (unpaired) electrons. The number of aryl methyl sites for hydroxylation is 1. The number of ether oxygens (including phenoxy) is 1. The molecule has 0 saturated carbocycles. The van der Waals surface area contributed by atoms with Crippen LogP contribution in [0.2, 0.25) is 0 Å². The number of nitrogens with zero attached hydrogens (tertiary/aromatic N) is 1. The summed E-state index contributed by atoms with van der Waals surface area (Å²) in [6, 6.07) is 4.43. The van der Waals surface area contributed by atoms with Crippen LogP contribution in [0.1, 0.15) is 31.2 Å². The molecule has 1 fully saturated rings. The number of amides is 2. The summed E-state index contributed by atoms with van der Waals surface area (Å²) in [5.41, 5.74) is 2.93. The summed E-state index contributed by atoms with van der Waals surface area (Å²) in [7, 11) is 2.00. The molecular formula is C19H27N3O4. The van der Waals surface area contributed by atoms with Crippen LogP contribution in [-0.4, -0.2) is 50.0 Å². The summed E-state index contributed by atoms with van der Waals surface area (Å²) in [6.07, 6.45) is 4.32. The van der Waals surface area contributed by atoms with Crippen molar-refractivity contribution in [1.82, 2.24) is 5.32 Å². The average molecular weight is 361 g/mol. The smallest absolute Gasteiger partial charge is 0.326 e. The van der Waals surface area contributed by atoms with Crippen LogP contribution < -0.4 is 15.5 Å². The first kappa shape index (κ1) is 18.5. The predicted octanol–water partition coefficient (Wildman–Crippen LogP) is 2.46. The monoisotopic (exact) mass is 361 g/mol. The third-order valence-electron chi connectivity index (χ3n) is 5.12. The molecule has 1 aromatic carbocycles. The van der Waals surface area contributed by atoms with E-state index in [-0.39, 0.29) is 5.92 Å². The van der Waals surface area contributed by atoms with Crippen molar-refractivity contribution in [2.45, 2.75) is 38.1 Å². The summed E-state index contributed by atoms with van der Waals surface area (Å²) in [6.45, 7) is 2.23. The van der Waals surface area contributed by atoms with Crippen molar-refractivity contribution in [1.29, 1.82) is 0 Å². The van der Waals surface area contributed by atoms with Crippen LogP contribution in [0.25, 0.3) is 0 Å². The SMILES string of the molecule is CN1CCCc2cccc(NC(=O)NC(CC3CCCOC3)C(=O)O)c21. The predicted molar refractivity (Wildman–Crippen MR) is 99.8 cm³/mol. The van der Waals surface area contributed by atoms with Crippen molar-refractivity contribution in [2.75, 3.05) is 37.0 Å². The van der Waals surface area contributed by atoms with E-state index in [9.17, 15) is 14.7 Å². The van der Waals surface area contributed by atoms with Gasteiger partial charge in [-0.2, -0.15) is 0 Å². The summed E-state index contributed by atoms with van der Waals surface area (Å²) in [4.78, 5) is 26.1. The molecule has 0 bridgehead atoms. The Morgan fingerprint density at radius 2 is 2.23 bits per heavy atom. The van der Waals surface area contributed by atoms with Gasteiger partial charge in [0.1, 0.15) is 6.04 Å². The topological polar surface area (TPSA) is 90.9 Å². The number of nitrogens with one attached hydrogen (secondary N) is 2. The number of hydrogen-bond acceptors (Lipinski definition) is 4. The number of carboxylic acid groups (broad SMARTS) is 1. The second-order valence-corrected chi connectivity index (χ2v) is 7.15. The van der Waals surface area contributed by atoms with Crippen LogP contribution in [0.15, 0.2) is 18.2 Å². The van der Waals surface area contributed by atoms with Crippen molar-refractivity contribution in [3.05, 3.63) is 23.8 Å². The fourth-order valence-electron chi connectivity index (χ4n) is 3.83. The Labute approximate surface area is 153 Å². The van der Waals surface area contributed by atoms with Gasteiger partial charge in [0.15, 0.2) is 0 Å². The van der Waals surface area contributed by atoms with Crippen LogP contribution in [-0.2, 0) is 16.0 Å². The lowest BCUT2D eigenvalue weighted by Gasteiger charge is -2.30. The molecule has 3 N–H and O–H groups in total. The Bertz CT molecular complexity index is 658. The van der Waals surface area contributed by atoms with Gasteiger partial charge in [-0.05, 0) is 49.7 Å². The highest BCUT2D eigenvalue weighted by molar-refractivity contribution is 5.96. The summed E-state index contributed by atoms with van der Waals surface area (Å²) < 4.78 is 5.41. The Morgan fingerprint density at radius 1 is 1.38 bits per heavy atom. The summed E-state index contributed by atoms with van der Waals surface area (Å²) >= 11 is 0. The van der Waals surface area contributed by atoms with E-state index in [2.05, 4.69) is 21.6 Å². The van der Waals surface area contributed by atoms with Gasteiger partial charge in [0, 0.05) is 26.8 Å². The van der Waals surface area contributed by atoms with Crippen molar-refractivity contribution in [2.24, 2.45) is 5.92 Å². The second kappa shape index (κ2) is 8.40. The molecule has 142 valence electrons. The molecule has 1 aromatic rings. The van der Waals surface area contributed by atoms with E-state index in [0.29, 0.717) is 18.7 Å². The number of rotatable bonds is 5. The zero-order chi connectivity index (χ0) is 18.5. The van der Waals surface area contributed by atoms with Gasteiger partial charge in [-0.15, -0.1) is 0 Å². The minimum Gasteiger partial charge on any atom is -0.480 e. The first-order valence-corrected chi connectivity index (χ1v) is 9.25. The first-order valence-electron chi connectivity index (χ1n) is 9.25. The normalized spacial score (nSPS) is 20.8. The lowest BCUT2D eigenvalue weighted by molar-refractivity contribution is -0.139. The standard InChI is InChI=1S/C19H27N3O4/c1-22-9-3-7-14-6-2-8-15(17(14)22)20-19(25)21-16(18(23)24)11-13-5-4-10-26-12-13/h2,6,8,13,16H,3-5,7,9-12H2,1H3,(H,23,24)(H2,20,21,25). The second-order valence-electron chi connectivity index (χ2n) is 7.15. The number of para-hydroxylation sites is 1. The van der Waals surface area contributed by atoms with E-state index in [0.717, 1.165) is 44.5 Å². The Hall–Kier alpha value is -2.28. The van der Waals surface area contributed by atoms with Gasteiger partial charge in [0.2, 0.25) is 0 Å². The molecule has 2 amide bonds. The number of benzene rings is 1. The lowest BCUT2D eigenvalue weighted by Crippen LogP contribution is -2.45. The molecular weight excluding hydrogens is 334 g/mol. The maximum Gasteiger partial charge on any atom is 0.326 e. The number of carbonyl (C=O) groups is 2. The van der Waals surface area contributed by atoms with Crippen LogP contribution >= 0.6 is 0 Å². The van der Waals surface area contributed by atoms with Crippen molar-refractivity contribution >= 4 is 23.4 Å². The van der Waals surface area contributed by atoms with E-state index < -0.39 is 18.0 Å². The summed E-state index contributed by atoms with van der Waals surface area (Å²) in [5.74, 6) is -0.848. The Morgan fingerprint density at radius 3 is 2.96 bits per heavy atom. The van der Waals surface area contributed by atoms with Gasteiger partial charge >= 0.3 is 12.0 Å². The highest BCUT2D eigenvalue weighted by Crippen LogP contribution is 2.33. The molecule has 2 aliphatic heterocycles. The molecule has 2 heterocycles. The third-order valence-corrected chi connectivity index (χ3v) is 5.12. The molecule has 7 nitrogen and oxygen atoms in total. The van der Waals surface area contributed by atoms with E-state index in [1.807, 2.05) is 19.2 Å². The lowest BCUT2D eigenvalue weighted by atomic mass is 9.94. The van der Waals surface area contributed by atoms with Crippen LogP contribution in [0.5, 0.6) is 0 Å². The zero-order valence-electron chi connectivity index (χ0n) is 15.2. The van der Waals surface area contributed by atoms with Gasteiger partial charge in [-0.25, -0.2) is 9.59 Å². The fraction of sp³-hybridized carbons (Fsp3) is 0.579. The molecule has 0 aliphatic carbocycles. The highest BCUT2D eigenvalue weighted by Gasteiger charge is 2.26. The largest absolute Gasteiger partial charge is 0.480 e. The van der Waals surface area contributed by atoms with Gasteiger partial charge in [-0.1, -0.05) is 12.1 Å². The van der Waals surface area contributed by atoms with E-state index >= 15 is 0 Å². The Kier molecular flexibility index (Phi) is 5.98. The maximum atomic E-state index is 12.4. The molecule has 2 aliphatic rings. The van der Waals surface area contributed by atoms with E-state index in [1.54, 1.807) is 0 Å². The average Bonchev–Trinajstić information content (AvgIpc) is 2.62. The van der Waals surface area contributed by atoms with E-state index in [4.69, 9.17) is 4.74 Å². The van der Waals surface area contributed by atoms with Crippen molar-refractivity contribution in [3.8, 4) is 0 Å². The number of aliphatic carboxylic acids is 1. The van der Waals surface area contributed by atoms with Crippen LogP contribution in [0.3, 0.4) is 0 Å². The molecule has 3 rings (SSSR count). The minimum absolute atomic E-state index is 0.167. The van der Waals surface area contributed by atoms with Crippen LogP contribution in [0, 0.1) is 5.92 Å². The molecule has 2 atom stereocenters. The van der Waals surface area contributed by atoms with Gasteiger partial charge < -0.3 is 25.4 Å². The van der Waals surface area contributed by atoms with Gasteiger partial charge in [0.25, 0.3) is 0 Å². The van der Waals surface area contributed by atoms with Gasteiger partial charge in [-0.3, -0.25) is 0 Å². The molecule has 7 heteroatoms. The zero-order valence-corrected chi connectivity index (χ0v) is 15.2. The molecule has 26 heavy (non-hydrogen) atoms. The summed E-state index contributed by atoms with van der Waals surface area (Å²) in [5, 5.41) is 14.9. The quantitative estimate of drug-likeness (QED) is 0.749. The fourth-order valence-corrected chi connectivity index (χ4v) is 3.83. The molecule has 0 spiro atoms. The number of carboxylic acids is 1. The number of anilines is 2. The van der Waals surface area contributed by atoms with Gasteiger partial charge in [0.05, 0.1) is 11.4 Å². The van der Waals surface area contributed by atoms with Crippen LogP contribution in [0.4, 0.5) is 16.2 Å². The van der Waals surface area contributed by atoms with E-state index in [1.165, 1.54) is 5.56 Å². The minimum atomic E-state index is -1.02. The van der Waals surface area contributed by atoms with Crippen molar-refractivity contribution < 1.29 is 19.4 Å². The highest BCUT2D eigenvalue weighted by atomic mass is 16.5. The maximum absolute atomic E-state index is 12.4. The number of carbonyl (C=O) groups excluding carboxylic acids is 1. The number of fused-ring (bicyclic) bond motifs is 1. The Balaban J connectivity index is 1.64. The molecule has 1 saturated heterocycles. The number of hydrogen-bond donors (Lipinski definition) is 3. The third kappa shape index (κ3) is 4.46. The molecule has 2 unspecified atom stereocenters. The number of urea groups is 1. The first-order chi connectivity index (χ1) is 12.5. The molecule has 0 aromatic heterocycles.